The molecule has 0 aliphatic heterocycles. The fourth-order valence-corrected chi connectivity index (χ4v) is 2.17. The molecule has 0 fully saturated rings. The van der Waals surface area contributed by atoms with Gasteiger partial charge in [-0.25, -0.2) is 0 Å². The Bertz CT molecular complexity index is 200. The maximum atomic E-state index is 6.01. The van der Waals surface area contributed by atoms with E-state index in [9.17, 15) is 0 Å². The second-order valence-corrected chi connectivity index (χ2v) is 11.0. The topological polar surface area (TPSA) is 27.7 Å². The third-order valence-electron chi connectivity index (χ3n) is 3.51. The van der Waals surface area contributed by atoms with Crippen LogP contribution in [-0.4, -0.2) is 41.4 Å². The minimum Gasteiger partial charge on any atom is -0.414 e. The van der Waals surface area contributed by atoms with E-state index in [0.29, 0.717) is 26.4 Å². The average Bonchev–Trinajstić information content (AvgIpc) is 2.25. The van der Waals surface area contributed by atoms with Gasteiger partial charge >= 0.3 is 0 Å². The summed E-state index contributed by atoms with van der Waals surface area (Å²) in [5.41, 5.74) is 0. The Morgan fingerprint density at radius 1 is 0.833 bits per heavy atom. The highest BCUT2D eigenvalue weighted by atomic mass is 28.4. The van der Waals surface area contributed by atoms with Crippen LogP contribution < -0.4 is 0 Å². The summed E-state index contributed by atoms with van der Waals surface area (Å²) < 4.78 is 16.9. The highest BCUT2D eigenvalue weighted by Crippen LogP contribution is 2.36. The molecule has 0 radical (unpaired) electrons. The van der Waals surface area contributed by atoms with Gasteiger partial charge in [-0.1, -0.05) is 34.1 Å². The zero-order valence-electron chi connectivity index (χ0n) is 13.2. The number of rotatable bonds is 10. The minimum absolute atomic E-state index is 0.274. The highest BCUT2D eigenvalue weighted by Gasteiger charge is 2.36. The van der Waals surface area contributed by atoms with Crippen molar-refractivity contribution in [2.45, 2.75) is 58.7 Å². The summed E-state index contributed by atoms with van der Waals surface area (Å²) in [5.74, 6) is 0. The number of unbranched alkanes of at least 4 members (excludes halogenated alkanes) is 1. The van der Waals surface area contributed by atoms with Crippen LogP contribution in [0.3, 0.4) is 0 Å². The molecule has 0 atom stereocenters. The van der Waals surface area contributed by atoms with Gasteiger partial charge in [0.05, 0.1) is 26.4 Å². The largest absolute Gasteiger partial charge is 0.414 e. The molecule has 0 saturated carbocycles. The van der Waals surface area contributed by atoms with Crippen molar-refractivity contribution in [1.82, 2.24) is 0 Å². The van der Waals surface area contributed by atoms with Gasteiger partial charge in [0.25, 0.3) is 0 Å². The fraction of sp³-hybridized carbons (Fsp3) is 1.00. The second kappa shape index (κ2) is 9.07. The predicted molar refractivity (Wildman–Crippen MR) is 79.7 cm³/mol. The van der Waals surface area contributed by atoms with Crippen LogP contribution in [0.2, 0.25) is 18.1 Å². The summed E-state index contributed by atoms with van der Waals surface area (Å²) in [6, 6.07) is 0. The molecule has 110 valence electrons. The number of hydrogen-bond acceptors (Lipinski definition) is 3. The lowest BCUT2D eigenvalue weighted by Gasteiger charge is -2.36. The monoisotopic (exact) mass is 276 g/mol. The van der Waals surface area contributed by atoms with Gasteiger partial charge in [-0.05, 0) is 24.6 Å². The van der Waals surface area contributed by atoms with Crippen molar-refractivity contribution in [3.63, 3.8) is 0 Å². The summed E-state index contributed by atoms with van der Waals surface area (Å²) in [6.07, 6.45) is 2.32. The quantitative estimate of drug-likeness (QED) is 0.448. The van der Waals surface area contributed by atoms with E-state index in [1.165, 1.54) is 6.42 Å². The molecule has 0 spiro atoms. The third kappa shape index (κ3) is 8.24. The Hall–Kier alpha value is 0.0969. The Morgan fingerprint density at radius 3 is 1.83 bits per heavy atom. The van der Waals surface area contributed by atoms with Crippen LogP contribution in [0.25, 0.3) is 0 Å². The first kappa shape index (κ1) is 18.1. The average molecular weight is 276 g/mol. The van der Waals surface area contributed by atoms with Crippen LogP contribution in [0.15, 0.2) is 0 Å². The van der Waals surface area contributed by atoms with Gasteiger partial charge in [0, 0.05) is 6.61 Å². The van der Waals surface area contributed by atoms with Crippen molar-refractivity contribution in [2.75, 3.05) is 33.0 Å². The van der Waals surface area contributed by atoms with E-state index in [1.807, 2.05) is 0 Å². The fourth-order valence-electron chi connectivity index (χ4n) is 1.14. The zero-order chi connectivity index (χ0) is 14.1. The molecule has 18 heavy (non-hydrogen) atoms. The van der Waals surface area contributed by atoms with Crippen LogP contribution >= 0.6 is 0 Å². The van der Waals surface area contributed by atoms with Crippen LogP contribution in [0.4, 0.5) is 0 Å². The van der Waals surface area contributed by atoms with Crippen LogP contribution in [0.1, 0.15) is 40.5 Å². The molecule has 0 rings (SSSR count). The lowest BCUT2D eigenvalue weighted by Crippen LogP contribution is -2.41. The molecule has 0 bridgehead atoms. The van der Waals surface area contributed by atoms with Crippen molar-refractivity contribution in [3.8, 4) is 0 Å². The first-order valence-electron chi connectivity index (χ1n) is 7.10. The van der Waals surface area contributed by atoms with E-state index in [1.54, 1.807) is 0 Å². The molecule has 0 aliphatic carbocycles. The maximum Gasteiger partial charge on any atom is 0.192 e. The van der Waals surface area contributed by atoms with Gasteiger partial charge in [0.2, 0.25) is 0 Å². The van der Waals surface area contributed by atoms with Crippen LogP contribution in [0.5, 0.6) is 0 Å². The van der Waals surface area contributed by atoms with E-state index in [-0.39, 0.29) is 5.04 Å². The maximum absolute atomic E-state index is 6.01. The van der Waals surface area contributed by atoms with Gasteiger partial charge < -0.3 is 13.9 Å². The van der Waals surface area contributed by atoms with Crippen molar-refractivity contribution in [3.05, 3.63) is 0 Å². The molecule has 0 aliphatic rings. The van der Waals surface area contributed by atoms with Gasteiger partial charge in [0.1, 0.15) is 0 Å². The molecule has 0 amide bonds. The molecule has 0 heterocycles. The lowest BCUT2D eigenvalue weighted by molar-refractivity contribution is 0.0339. The molecular weight excluding hydrogens is 244 g/mol. The van der Waals surface area contributed by atoms with Gasteiger partial charge in [-0.3, -0.25) is 0 Å². The molecule has 0 aromatic rings. The first-order valence-corrected chi connectivity index (χ1v) is 10.0. The molecule has 0 saturated heterocycles. The SMILES string of the molecule is CCCCOCCOCCO[Si](C)(C)C(C)(C)C. The van der Waals surface area contributed by atoms with E-state index < -0.39 is 8.32 Å². The Balaban J connectivity index is 3.41. The van der Waals surface area contributed by atoms with E-state index in [2.05, 4.69) is 40.8 Å². The molecule has 0 aromatic carbocycles. The number of hydrogen-bond donors (Lipinski definition) is 0. The van der Waals surface area contributed by atoms with Crippen LogP contribution in [-0.2, 0) is 13.9 Å². The van der Waals surface area contributed by atoms with Gasteiger partial charge in [-0.15, -0.1) is 0 Å². The Labute approximate surface area is 114 Å². The number of ether oxygens (including phenoxy) is 2. The highest BCUT2D eigenvalue weighted by molar-refractivity contribution is 6.74. The summed E-state index contributed by atoms with van der Waals surface area (Å²) in [7, 11) is -1.60. The smallest absolute Gasteiger partial charge is 0.192 e. The van der Waals surface area contributed by atoms with Gasteiger partial charge in [0.15, 0.2) is 8.32 Å². The first-order chi connectivity index (χ1) is 8.31. The van der Waals surface area contributed by atoms with E-state index >= 15 is 0 Å². The zero-order valence-corrected chi connectivity index (χ0v) is 14.2. The molecule has 0 unspecified atom stereocenters. The summed E-state index contributed by atoms with van der Waals surface area (Å²) in [4.78, 5) is 0. The normalized spacial score (nSPS) is 13.0. The minimum atomic E-state index is -1.60. The van der Waals surface area contributed by atoms with E-state index in [4.69, 9.17) is 13.9 Å². The van der Waals surface area contributed by atoms with Crippen molar-refractivity contribution >= 4 is 8.32 Å². The Morgan fingerprint density at radius 2 is 1.33 bits per heavy atom. The van der Waals surface area contributed by atoms with Crippen LogP contribution in [0, 0.1) is 0 Å². The molecular formula is C14H32O3Si. The lowest BCUT2D eigenvalue weighted by atomic mass is 10.2. The molecule has 0 N–H and O–H groups in total. The third-order valence-corrected chi connectivity index (χ3v) is 8.05. The summed E-state index contributed by atoms with van der Waals surface area (Å²) >= 11 is 0. The standard InChI is InChI=1S/C14H32O3Si/c1-7-8-9-15-10-11-16-12-13-17-18(5,6)14(2,3)4/h7-13H2,1-6H3. The molecule has 4 heteroatoms. The van der Waals surface area contributed by atoms with E-state index in [0.717, 1.165) is 13.0 Å². The van der Waals surface area contributed by atoms with Crippen molar-refractivity contribution in [2.24, 2.45) is 0 Å². The summed E-state index contributed by atoms with van der Waals surface area (Å²) in [5, 5.41) is 0.274. The molecule has 3 nitrogen and oxygen atoms in total. The Kier molecular flexibility index (Phi) is 9.12. The summed E-state index contributed by atoms with van der Waals surface area (Å²) in [6.45, 7) is 17.0. The van der Waals surface area contributed by atoms with Crippen molar-refractivity contribution in [1.29, 1.82) is 0 Å². The van der Waals surface area contributed by atoms with Crippen molar-refractivity contribution < 1.29 is 13.9 Å². The predicted octanol–water partition coefficient (Wildman–Crippen LogP) is 3.84. The second-order valence-electron chi connectivity index (χ2n) is 6.19. The molecule has 0 aromatic heterocycles. The van der Waals surface area contributed by atoms with Gasteiger partial charge in [-0.2, -0.15) is 0 Å².